The number of ether oxygens (including phenoxy) is 3. The van der Waals surface area contributed by atoms with Gasteiger partial charge in [0.2, 0.25) is 10.0 Å². The number of nitrogens with one attached hydrogen (secondary N) is 2. The van der Waals surface area contributed by atoms with Crippen LogP contribution in [0, 0.1) is 6.92 Å². The van der Waals surface area contributed by atoms with Gasteiger partial charge in [0, 0.05) is 0 Å². The van der Waals surface area contributed by atoms with Gasteiger partial charge in [-0.2, -0.15) is 4.72 Å². The maximum absolute atomic E-state index is 12.4. The fraction of sp³-hybridized carbons (Fsp3) is 0.350. The summed E-state index contributed by atoms with van der Waals surface area (Å²) in [6.07, 6.45) is 0. The number of benzene rings is 1. The second kappa shape index (κ2) is 11.1. The smallest absolute Gasteiger partial charge is 0.348 e. The quantitative estimate of drug-likeness (QED) is 0.489. The average Bonchev–Trinajstić information content (AvgIpc) is 3.11. The zero-order chi connectivity index (χ0) is 23.9. The van der Waals surface area contributed by atoms with Crippen LogP contribution >= 0.6 is 11.3 Å². The number of thiophene rings is 1. The summed E-state index contributed by atoms with van der Waals surface area (Å²) in [5.74, 6) is -1.57. The number of esters is 2. The molecule has 32 heavy (non-hydrogen) atoms. The van der Waals surface area contributed by atoms with Gasteiger partial charge in [-0.05, 0) is 56.7 Å². The topological polar surface area (TPSA) is 137 Å². The number of hydrogen-bond donors (Lipinski definition) is 2. The predicted octanol–water partition coefficient (Wildman–Crippen LogP) is 2.09. The normalized spacial score (nSPS) is 12.0. The number of amides is 1. The van der Waals surface area contributed by atoms with Crippen molar-refractivity contribution in [3.63, 3.8) is 0 Å². The lowest BCUT2D eigenvalue weighted by Crippen LogP contribution is -2.40. The van der Waals surface area contributed by atoms with Gasteiger partial charge in [0.05, 0.1) is 23.6 Å². The van der Waals surface area contributed by atoms with Crippen LogP contribution in [0.5, 0.6) is 5.75 Å². The number of aryl methyl sites for hydroxylation is 1. The Morgan fingerprint density at radius 1 is 1.12 bits per heavy atom. The summed E-state index contributed by atoms with van der Waals surface area (Å²) in [5, 5.41) is 2.91. The first-order valence-corrected chi connectivity index (χ1v) is 11.8. The van der Waals surface area contributed by atoms with E-state index in [2.05, 4.69) is 10.0 Å². The molecule has 10 nitrogen and oxygen atoms in total. The van der Waals surface area contributed by atoms with E-state index in [0.29, 0.717) is 21.2 Å². The Bertz CT molecular complexity index is 1080. The SMILES string of the molecule is CCOC(=O)c1sc(NC(=O)COC(=O)[C@H](C)NS(=O)(=O)c2ccc(OC)cc2)cc1C. The molecule has 174 valence electrons. The number of carbonyl (C=O) groups excluding carboxylic acids is 3. The monoisotopic (exact) mass is 484 g/mol. The zero-order valence-electron chi connectivity index (χ0n) is 18.0. The summed E-state index contributed by atoms with van der Waals surface area (Å²) in [4.78, 5) is 36.3. The van der Waals surface area contributed by atoms with Crippen LogP contribution in [0.1, 0.15) is 29.1 Å². The van der Waals surface area contributed by atoms with Crippen molar-refractivity contribution in [1.29, 1.82) is 0 Å². The highest BCUT2D eigenvalue weighted by Crippen LogP contribution is 2.27. The number of carbonyl (C=O) groups is 3. The molecule has 1 heterocycles. The van der Waals surface area contributed by atoms with E-state index < -0.39 is 40.5 Å². The molecule has 0 aliphatic carbocycles. The fourth-order valence-electron chi connectivity index (χ4n) is 2.48. The molecule has 12 heteroatoms. The molecule has 2 rings (SSSR count). The average molecular weight is 485 g/mol. The Hall–Kier alpha value is -2.96. The van der Waals surface area contributed by atoms with Crippen molar-refractivity contribution in [3.8, 4) is 5.75 Å². The van der Waals surface area contributed by atoms with Crippen LogP contribution in [-0.2, 0) is 29.1 Å². The van der Waals surface area contributed by atoms with E-state index >= 15 is 0 Å². The highest BCUT2D eigenvalue weighted by Gasteiger charge is 2.24. The minimum atomic E-state index is -3.98. The summed E-state index contributed by atoms with van der Waals surface area (Å²) in [5.41, 5.74) is 0.641. The number of hydrogen-bond acceptors (Lipinski definition) is 9. The molecule has 1 atom stereocenters. The molecule has 0 aliphatic rings. The van der Waals surface area contributed by atoms with Crippen molar-refractivity contribution < 1.29 is 37.0 Å². The van der Waals surface area contributed by atoms with Gasteiger partial charge < -0.3 is 19.5 Å². The summed E-state index contributed by atoms with van der Waals surface area (Å²) >= 11 is 1.04. The summed E-state index contributed by atoms with van der Waals surface area (Å²) in [6.45, 7) is 4.30. The molecule has 0 saturated carbocycles. The first-order chi connectivity index (χ1) is 15.1. The Morgan fingerprint density at radius 2 is 1.78 bits per heavy atom. The number of methoxy groups -OCH3 is 1. The van der Waals surface area contributed by atoms with Crippen molar-refractivity contribution in [2.45, 2.75) is 31.7 Å². The maximum Gasteiger partial charge on any atom is 0.348 e. The molecule has 1 aromatic heterocycles. The van der Waals surface area contributed by atoms with Crippen molar-refractivity contribution in [2.75, 3.05) is 25.6 Å². The van der Waals surface area contributed by atoms with Gasteiger partial charge in [-0.25, -0.2) is 13.2 Å². The number of anilines is 1. The van der Waals surface area contributed by atoms with Crippen LogP contribution in [0.3, 0.4) is 0 Å². The summed E-state index contributed by atoms with van der Waals surface area (Å²) in [6, 6.07) is 5.99. The van der Waals surface area contributed by atoms with Gasteiger partial charge in [-0.1, -0.05) is 0 Å². The van der Waals surface area contributed by atoms with Gasteiger partial charge in [-0.15, -0.1) is 11.3 Å². The first-order valence-electron chi connectivity index (χ1n) is 9.47. The largest absolute Gasteiger partial charge is 0.497 e. The standard InChI is InChI=1S/C20H24N2O8S2/c1-5-29-20(25)18-12(2)10-17(31-18)21-16(23)11-30-19(24)13(3)22-32(26,27)15-8-6-14(28-4)7-9-15/h6-10,13,22H,5,11H2,1-4H3,(H,21,23)/t13-/m0/s1. The van der Waals surface area contributed by atoms with Gasteiger partial charge in [0.15, 0.2) is 6.61 Å². The molecule has 0 unspecified atom stereocenters. The molecule has 0 bridgehead atoms. The van der Waals surface area contributed by atoms with E-state index in [9.17, 15) is 22.8 Å². The third-order valence-corrected chi connectivity index (χ3v) is 6.73. The highest BCUT2D eigenvalue weighted by atomic mass is 32.2. The Balaban J connectivity index is 1.89. The van der Waals surface area contributed by atoms with E-state index in [4.69, 9.17) is 14.2 Å². The van der Waals surface area contributed by atoms with E-state index in [1.807, 2.05) is 0 Å². The highest BCUT2D eigenvalue weighted by molar-refractivity contribution is 7.89. The van der Waals surface area contributed by atoms with Gasteiger partial charge in [-0.3, -0.25) is 9.59 Å². The summed E-state index contributed by atoms with van der Waals surface area (Å²) in [7, 11) is -2.53. The molecule has 0 saturated heterocycles. The van der Waals surface area contributed by atoms with Crippen LogP contribution < -0.4 is 14.8 Å². The van der Waals surface area contributed by atoms with Crippen LogP contribution in [0.15, 0.2) is 35.2 Å². The van der Waals surface area contributed by atoms with Gasteiger partial charge >= 0.3 is 11.9 Å². The first kappa shape index (κ1) is 25.3. The van der Waals surface area contributed by atoms with E-state index in [1.54, 1.807) is 19.9 Å². The lowest BCUT2D eigenvalue weighted by molar-refractivity contribution is -0.148. The van der Waals surface area contributed by atoms with Crippen LogP contribution in [-0.4, -0.2) is 52.6 Å². The molecule has 2 N–H and O–H groups in total. The number of rotatable bonds is 10. The number of sulfonamides is 1. The lowest BCUT2D eigenvalue weighted by Gasteiger charge is -2.14. The second-order valence-electron chi connectivity index (χ2n) is 6.52. The minimum absolute atomic E-state index is 0.0545. The molecular formula is C20H24N2O8S2. The molecule has 1 amide bonds. The van der Waals surface area contributed by atoms with Crippen LogP contribution in [0.25, 0.3) is 0 Å². The van der Waals surface area contributed by atoms with Crippen LogP contribution in [0.2, 0.25) is 0 Å². The fourth-order valence-corrected chi connectivity index (χ4v) is 4.66. The van der Waals surface area contributed by atoms with E-state index in [-0.39, 0.29) is 11.5 Å². The molecule has 0 fully saturated rings. The van der Waals surface area contributed by atoms with E-state index in [1.165, 1.54) is 38.3 Å². The minimum Gasteiger partial charge on any atom is -0.497 e. The van der Waals surface area contributed by atoms with Crippen LogP contribution in [0.4, 0.5) is 5.00 Å². The van der Waals surface area contributed by atoms with Crippen molar-refractivity contribution in [1.82, 2.24) is 4.72 Å². The molecule has 0 aliphatic heterocycles. The summed E-state index contributed by atoms with van der Waals surface area (Å²) < 4.78 is 41.8. The molecule has 0 spiro atoms. The third kappa shape index (κ3) is 6.77. The maximum atomic E-state index is 12.4. The molecular weight excluding hydrogens is 460 g/mol. The van der Waals surface area contributed by atoms with Crippen molar-refractivity contribution in [2.24, 2.45) is 0 Å². The zero-order valence-corrected chi connectivity index (χ0v) is 19.6. The lowest BCUT2D eigenvalue weighted by atomic mass is 10.3. The van der Waals surface area contributed by atoms with Crippen molar-refractivity contribution in [3.05, 3.63) is 40.8 Å². The second-order valence-corrected chi connectivity index (χ2v) is 9.28. The molecule has 0 radical (unpaired) electrons. The van der Waals surface area contributed by atoms with Gasteiger partial charge in [0.25, 0.3) is 5.91 Å². The molecule has 2 aromatic rings. The Morgan fingerprint density at radius 3 is 2.38 bits per heavy atom. The van der Waals surface area contributed by atoms with Gasteiger partial charge in [0.1, 0.15) is 16.7 Å². The molecule has 1 aromatic carbocycles. The Labute approximate surface area is 189 Å². The third-order valence-electron chi connectivity index (χ3n) is 4.04. The van der Waals surface area contributed by atoms with Crippen molar-refractivity contribution >= 4 is 44.2 Å². The predicted molar refractivity (Wildman–Crippen MR) is 117 cm³/mol. The van der Waals surface area contributed by atoms with E-state index in [0.717, 1.165) is 11.3 Å². The Kier molecular flexibility index (Phi) is 8.75.